The molecular formula is C13H7F6NNaO3S+. The maximum absolute atomic E-state index is 13.6. The Balaban J connectivity index is 0.00000312. The molecule has 12 heteroatoms. The molecule has 0 aliphatic heterocycles. The van der Waals surface area contributed by atoms with Crippen molar-refractivity contribution in [1.82, 2.24) is 0 Å². The molecule has 25 heavy (non-hydrogen) atoms. The first kappa shape index (κ1) is 21.6. The summed E-state index contributed by atoms with van der Waals surface area (Å²) < 4.78 is 110. The molecule has 0 aliphatic carbocycles. The molecule has 130 valence electrons. The summed E-state index contributed by atoms with van der Waals surface area (Å²) in [6, 6.07) is 2.56. The first-order valence-electron chi connectivity index (χ1n) is 5.98. The Labute approximate surface area is 160 Å². The Hall–Kier alpha value is -1.43. The summed E-state index contributed by atoms with van der Waals surface area (Å²) in [5.74, 6) is -13.7. The third-order valence-electron chi connectivity index (χ3n) is 2.84. The number of ether oxygens (including phenoxy) is 1. The molecule has 0 aliphatic rings. The maximum Gasteiger partial charge on any atom is 1.00 e. The van der Waals surface area contributed by atoms with Gasteiger partial charge in [-0.15, -0.1) is 0 Å². The Bertz CT molecular complexity index is 893. The van der Waals surface area contributed by atoms with E-state index in [-0.39, 0.29) is 35.3 Å². The number of nitrogens with one attached hydrogen (secondary N) is 1. The van der Waals surface area contributed by atoms with Gasteiger partial charge in [0.15, 0.2) is 39.7 Å². The van der Waals surface area contributed by atoms with Crippen molar-refractivity contribution in [2.45, 2.75) is 4.90 Å². The molecule has 0 saturated heterocycles. The van der Waals surface area contributed by atoms with E-state index in [0.717, 1.165) is 19.2 Å². The second-order valence-electron chi connectivity index (χ2n) is 4.35. The van der Waals surface area contributed by atoms with Gasteiger partial charge in [0, 0.05) is 6.07 Å². The van der Waals surface area contributed by atoms with Crippen LogP contribution < -0.4 is 39.0 Å². The maximum atomic E-state index is 13.6. The molecule has 4 nitrogen and oxygen atoms in total. The SMILES string of the molecule is COc1ccc(NS(=O)(=O)c2c(F)c(F)c(F)c(F)c2F)cc1F.[Na+]. The summed E-state index contributed by atoms with van der Waals surface area (Å²) >= 11 is 0. The third-order valence-corrected chi connectivity index (χ3v) is 4.24. The average molecular weight is 394 g/mol. The standard InChI is InChI=1S/C13H7F6NO3S.Na/c1-23-7-3-2-5(4-6(7)14)20-24(21,22)13-11(18)9(16)8(15)10(17)12(13)19;/h2-4,20H,1H3;/q;+1. The number of hydrogen-bond acceptors (Lipinski definition) is 3. The van der Waals surface area contributed by atoms with Crippen molar-refractivity contribution in [1.29, 1.82) is 0 Å². The minimum atomic E-state index is -5.23. The molecule has 0 atom stereocenters. The molecule has 0 spiro atoms. The molecule has 0 bridgehead atoms. The minimum absolute atomic E-state index is 0. The predicted molar refractivity (Wildman–Crippen MR) is 70.0 cm³/mol. The smallest absolute Gasteiger partial charge is 0.494 e. The van der Waals surface area contributed by atoms with Crippen LogP contribution in [-0.4, -0.2) is 15.5 Å². The van der Waals surface area contributed by atoms with Crippen LogP contribution in [0.4, 0.5) is 32.0 Å². The van der Waals surface area contributed by atoms with Gasteiger partial charge >= 0.3 is 29.6 Å². The van der Waals surface area contributed by atoms with E-state index >= 15 is 0 Å². The van der Waals surface area contributed by atoms with E-state index in [0.29, 0.717) is 6.07 Å². The fourth-order valence-electron chi connectivity index (χ4n) is 1.76. The number of hydrogen-bond donors (Lipinski definition) is 1. The molecule has 0 amide bonds. The van der Waals surface area contributed by atoms with E-state index in [2.05, 4.69) is 4.74 Å². The second kappa shape index (κ2) is 7.85. The van der Waals surface area contributed by atoms with Crippen LogP contribution in [0, 0.1) is 34.9 Å². The van der Waals surface area contributed by atoms with Crippen LogP contribution in [0.1, 0.15) is 0 Å². The second-order valence-corrected chi connectivity index (χ2v) is 5.97. The fourth-order valence-corrected chi connectivity index (χ4v) is 2.95. The molecule has 0 radical (unpaired) electrons. The van der Waals surface area contributed by atoms with E-state index < -0.39 is 55.5 Å². The monoisotopic (exact) mass is 394 g/mol. The average Bonchev–Trinajstić information content (AvgIpc) is 2.50. The molecule has 0 fully saturated rings. The van der Waals surface area contributed by atoms with Crippen LogP contribution in [0.2, 0.25) is 0 Å². The number of rotatable bonds is 4. The first-order valence-corrected chi connectivity index (χ1v) is 7.46. The largest absolute Gasteiger partial charge is 1.00 e. The summed E-state index contributed by atoms with van der Waals surface area (Å²) in [5, 5.41) is 0. The quantitative estimate of drug-likeness (QED) is 0.352. The van der Waals surface area contributed by atoms with Gasteiger partial charge in [-0.05, 0) is 12.1 Å². The van der Waals surface area contributed by atoms with Crippen LogP contribution >= 0.6 is 0 Å². The van der Waals surface area contributed by atoms with E-state index in [1.807, 2.05) is 0 Å². The molecule has 2 aromatic rings. The van der Waals surface area contributed by atoms with E-state index in [1.54, 1.807) is 0 Å². The Kier molecular flexibility index (Phi) is 6.79. The third kappa shape index (κ3) is 4.05. The normalized spacial score (nSPS) is 11.0. The van der Waals surface area contributed by atoms with Gasteiger partial charge in [0.25, 0.3) is 10.0 Å². The zero-order valence-electron chi connectivity index (χ0n) is 12.6. The van der Waals surface area contributed by atoms with Gasteiger partial charge in [-0.2, -0.15) is 0 Å². The van der Waals surface area contributed by atoms with E-state index in [9.17, 15) is 34.8 Å². The summed E-state index contributed by atoms with van der Waals surface area (Å²) in [7, 11) is -4.09. The molecule has 0 saturated carbocycles. The Morgan fingerprint density at radius 2 is 1.36 bits per heavy atom. The molecule has 0 heterocycles. The van der Waals surface area contributed by atoms with Crippen LogP contribution in [-0.2, 0) is 10.0 Å². The van der Waals surface area contributed by atoms with Gasteiger partial charge in [-0.25, -0.2) is 34.8 Å². The Morgan fingerprint density at radius 3 is 1.80 bits per heavy atom. The van der Waals surface area contributed by atoms with Crippen LogP contribution in [0.5, 0.6) is 5.75 Å². The van der Waals surface area contributed by atoms with Gasteiger partial charge < -0.3 is 4.74 Å². The van der Waals surface area contributed by atoms with Gasteiger partial charge in [0.05, 0.1) is 12.8 Å². The van der Waals surface area contributed by atoms with E-state index in [1.165, 1.54) is 4.72 Å². The molecular weight excluding hydrogens is 387 g/mol. The van der Waals surface area contributed by atoms with Crippen molar-refractivity contribution < 1.29 is 69.1 Å². The van der Waals surface area contributed by atoms with Crippen molar-refractivity contribution in [3.63, 3.8) is 0 Å². The van der Waals surface area contributed by atoms with Crippen LogP contribution in [0.25, 0.3) is 0 Å². The molecule has 0 aromatic heterocycles. The minimum Gasteiger partial charge on any atom is -0.494 e. The summed E-state index contributed by atoms with van der Waals surface area (Å²) in [6.45, 7) is 0. The summed E-state index contributed by atoms with van der Waals surface area (Å²) in [4.78, 5) is -2.07. The van der Waals surface area contributed by atoms with Crippen molar-refractivity contribution in [3.8, 4) is 5.75 Å². The number of methoxy groups -OCH3 is 1. The Morgan fingerprint density at radius 1 is 0.880 bits per heavy atom. The van der Waals surface area contributed by atoms with Crippen molar-refractivity contribution in [2.75, 3.05) is 11.8 Å². The molecule has 0 unspecified atom stereocenters. The van der Waals surface area contributed by atoms with Crippen LogP contribution in [0.15, 0.2) is 23.1 Å². The number of halogens is 6. The van der Waals surface area contributed by atoms with Crippen molar-refractivity contribution in [2.24, 2.45) is 0 Å². The van der Waals surface area contributed by atoms with Gasteiger partial charge in [-0.1, -0.05) is 0 Å². The molecule has 2 rings (SSSR count). The van der Waals surface area contributed by atoms with E-state index in [4.69, 9.17) is 0 Å². The number of benzene rings is 2. The van der Waals surface area contributed by atoms with Gasteiger partial charge in [0.2, 0.25) is 5.82 Å². The summed E-state index contributed by atoms with van der Waals surface area (Å²) in [5.41, 5.74) is -0.516. The first-order chi connectivity index (χ1) is 11.1. The molecule has 2 aromatic carbocycles. The van der Waals surface area contributed by atoms with Gasteiger partial charge in [-0.3, -0.25) is 4.72 Å². The van der Waals surface area contributed by atoms with Gasteiger partial charge in [0.1, 0.15) is 0 Å². The number of sulfonamides is 1. The zero-order chi connectivity index (χ0) is 18.2. The number of anilines is 1. The topological polar surface area (TPSA) is 55.4 Å². The van der Waals surface area contributed by atoms with Crippen LogP contribution in [0.3, 0.4) is 0 Å². The van der Waals surface area contributed by atoms with Crippen molar-refractivity contribution in [3.05, 3.63) is 53.1 Å². The zero-order valence-corrected chi connectivity index (χ0v) is 15.4. The summed E-state index contributed by atoms with van der Waals surface area (Å²) in [6.07, 6.45) is 0. The van der Waals surface area contributed by atoms with Crippen molar-refractivity contribution >= 4 is 15.7 Å². The fraction of sp³-hybridized carbons (Fsp3) is 0.0769. The molecule has 1 N–H and O–H groups in total. The predicted octanol–water partition coefficient (Wildman–Crippen LogP) is 0.335.